The lowest BCUT2D eigenvalue weighted by atomic mass is 10.1. The average molecular weight is 277 g/mol. The number of nitrogens with one attached hydrogen (secondary N) is 1. The van der Waals surface area contributed by atoms with E-state index in [2.05, 4.69) is 10.4 Å². The molecule has 1 aromatic heterocycles. The molecule has 0 aliphatic carbocycles. The van der Waals surface area contributed by atoms with E-state index in [9.17, 15) is 13.2 Å². The van der Waals surface area contributed by atoms with Crippen LogP contribution in [0.2, 0.25) is 0 Å². The first-order valence-corrected chi connectivity index (χ1v) is 6.51. The van der Waals surface area contributed by atoms with Crippen LogP contribution in [0.1, 0.15) is 52.3 Å². The Morgan fingerprint density at radius 1 is 1.32 bits per heavy atom. The number of rotatable bonds is 5. The van der Waals surface area contributed by atoms with Crippen molar-refractivity contribution in [2.24, 2.45) is 0 Å². The Hall–Kier alpha value is -1.04. The molecule has 6 heteroatoms. The highest BCUT2D eigenvalue weighted by molar-refractivity contribution is 5.04. The Balaban J connectivity index is 2.78. The van der Waals surface area contributed by atoms with Gasteiger partial charge in [-0.3, -0.25) is 4.68 Å². The van der Waals surface area contributed by atoms with Crippen LogP contribution < -0.4 is 5.32 Å². The molecule has 110 valence electrons. The first-order valence-electron chi connectivity index (χ1n) is 6.51. The monoisotopic (exact) mass is 277 g/mol. The second kappa shape index (κ2) is 5.94. The van der Waals surface area contributed by atoms with E-state index in [0.29, 0.717) is 6.54 Å². The summed E-state index contributed by atoms with van der Waals surface area (Å²) >= 11 is 0. The highest BCUT2D eigenvalue weighted by Gasteiger charge is 2.34. The molecule has 3 nitrogen and oxygen atoms in total. The Bertz CT molecular complexity index is 391. The Labute approximate surface area is 112 Å². The van der Waals surface area contributed by atoms with Gasteiger partial charge in [-0.15, -0.1) is 0 Å². The normalized spacial score (nSPS) is 14.7. The van der Waals surface area contributed by atoms with Gasteiger partial charge in [-0.05, 0) is 33.3 Å². The van der Waals surface area contributed by atoms with E-state index in [1.165, 1.54) is 10.9 Å². The number of nitrogens with zero attached hydrogens (tertiary/aromatic N) is 2. The van der Waals surface area contributed by atoms with Crippen LogP contribution in [-0.2, 0) is 6.18 Å². The van der Waals surface area contributed by atoms with Gasteiger partial charge in [0.05, 0.1) is 6.04 Å². The van der Waals surface area contributed by atoms with Crippen LogP contribution in [0.15, 0.2) is 12.3 Å². The summed E-state index contributed by atoms with van der Waals surface area (Å²) in [6.07, 6.45) is -1.27. The average Bonchev–Trinajstić information content (AvgIpc) is 2.71. The van der Waals surface area contributed by atoms with E-state index in [1.54, 1.807) is 0 Å². The lowest BCUT2D eigenvalue weighted by Crippen LogP contribution is -2.39. The van der Waals surface area contributed by atoms with Gasteiger partial charge < -0.3 is 5.32 Å². The lowest BCUT2D eigenvalue weighted by molar-refractivity contribution is -0.141. The second-order valence-corrected chi connectivity index (χ2v) is 5.75. The minimum absolute atomic E-state index is 0.0553. The predicted octanol–water partition coefficient (Wildman–Crippen LogP) is 3.63. The van der Waals surface area contributed by atoms with Gasteiger partial charge in [-0.1, -0.05) is 13.3 Å². The van der Waals surface area contributed by atoms with Gasteiger partial charge in [0.25, 0.3) is 0 Å². The number of halogens is 3. The Kier molecular flexibility index (Phi) is 5.01. The zero-order valence-corrected chi connectivity index (χ0v) is 11.9. The van der Waals surface area contributed by atoms with Crippen molar-refractivity contribution in [3.63, 3.8) is 0 Å². The van der Waals surface area contributed by atoms with Gasteiger partial charge >= 0.3 is 6.18 Å². The van der Waals surface area contributed by atoms with Crippen LogP contribution in [0.5, 0.6) is 0 Å². The van der Waals surface area contributed by atoms with E-state index in [0.717, 1.165) is 18.9 Å². The fourth-order valence-electron chi connectivity index (χ4n) is 1.78. The van der Waals surface area contributed by atoms with Gasteiger partial charge in [-0.25, -0.2) is 0 Å². The quantitative estimate of drug-likeness (QED) is 0.890. The van der Waals surface area contributed by atoms with Gasteiger partial charge in [0.15, 0.2) is 5.69 Å². The van der Waals surface area contributed by atoms with Crippen molar-refractivity contribution in [3.8, 4) is 0 Å². The van der Waals surface area contributed by atoms with Crippen molar-refractivity contribution in [2.45, 2.75) is 58.3 Å². The minimum atomic E-state index is -4.38. The fraction of sp³-hybridized carbons (Fsp3) is 0.769. The number of hydrogen-bond acceptors (Lipinski definition) is 2. The summed E-state index contributed by atoms with van der Waals surface area (Å²) in [5.41, 5.74) is -0.893. The largest absolute Gasteiger partial charge is 0.435 e. The van der Waals surface area contributed by atoms with Crippen LogP contribution >= 0.6 is 0 Å². The third-order valence-corrected chi connectivity index (χ3v) is 2.76. The molecular weight excluding hydrogens is 255 g/mol. The molecule has 0 amide bonds. The van der Waals surface area contributed by atoms with Crippen molar-refractivity contribution in [1.82, 2.24) is 15.1 Å². The topological polar surface area (TPSA) is 29.9 Å². The van der Waals surface area contributed by atoms with Crippen LogP contribution in [0.25, 0.3) is 0 Å². The number of aromatic nitrogens is 2. The number of hydrogen-bond donors (Lipinski definition) is 1. The summed E-state index contributed by atoms with van der Waals surface area (Å²) in [5.74, 6) is 0. The molecule has 0 bridgehead atoms. The van der Waals surface area contributed by atoms with Crippen LogP contribution in [-0.4, -0.2) is 21.9 Å². The lowest BCUT2D eigenvalue weighted by Gasteiger charge is -2.25. The molecule has 0 aliphatic rings. The van der Waals surface area contributed by atoms with E-state index >= 15 is 0 Å². The summed E-state index contributed by atoms with van der Waals surface area (Å²) in [7, 11) is 0. The van der Waals surface area contributed by atoms with E-state index in [4.69, 9.17) is 0 Å². The highest BCUT2D eigenvalue weighted by atomic mass is 19.4. The summed E-state index contributed by atoms with van der Waals surface area (Å²) in [4.78, 5) is 0. The first kappa shape index (κ1) is 16.0. The van der Waals surface area contributed by atoms with Crippen LogP contribution in [0.4, 0.5) is 13.2 Å². The summed E-state index contributed by atoms with van der Waals surface area (Å²) in [6.45, 7) is 8.70. The van der Waals surface area contributed by atoms with Crippen LogP contribution in [0.3, 0.4) is 0 Å². The van der Waals surface area contributed by atoms with Crippen molar-refractivity contribution < 1.29 is 13.2 Å². The molecule has 0 aliphatic heterocycles. The van der Waals surface area contributed by atoms with Crippen molar-refractivity contribution >= 4 is 0 Å². The Morgan fingerprint density at radius 3 is 2.37 bits per heavy atom. The Morgan fingerprint density at radius 2 is 1.95 bits per heavy atom. The van der Waals surface area contributed by atoms with Crippen molar-refractivity contribution in [1.29, 1.82) is 0 Å². The molecule has 1 unspecified atom stereocenters. The van der Waals surface area contributed by atoms with Gasteiger partial charge in [0.1, 0.15) is 0 Å². The molecule has 1 heterocycles. The minimum Gasteiger partial charge on any atom is -0.310 e. The van der Waals surface area contributed by atoms with Crippen molar-refractivity contribution in [2.75, 3.05) is 6.54 Å². The van der Waals surface area contributed by atoms with Gasteiger partial charge in [0, 0.05) is 18.3 Å². The fourth-order valence-corrected chi connectivity index (χ4v) is 1.78. The summed E-state index contributed by atoms with van der Waals surface area (Å²) in [6, 6.07) is 0.972. The molecule has 0 spiro atoms. The molecule has 0 fully saturated rings. The molecule has 0 radical (unpaired) electrons. The van der Waals surface area contributed by atoms with E-state index in [-0.39, 0.29) is 11.6 Å². The number of alkyl halides is 3. The molecule has 0 saturated carbocycles. The van der Waals surface area contributed by atoms with Crippen LogP contribution in [0, 0.1) is 0 Å². The maximum atomic E-state index is 12.5. The maximum absolute atomic E-state index is 12.5. The first-order chi connectivity index (χ1) is 8.63. The predicted molar refractivity (Wildman–Crippen MR) is 68.9 cm³/mol. The molecule has 1 N–H and O–H groups in total. The maximum Gasteiger partial charge on any atom is 0.435 e. The summed E-state index contributed by atoms with van der Waals surface area (Å²) in [5, 5.41) is 6.96. The van der Waals surface area contributed by atoms with Gasteiger partial charge in [-0.2, -0.15) is 18.3 Å². The molecule has 0 aromatic carbocycles. The SMILES string of the molecule is CCCC(CNC(C)(C)C)n1ccc(C(F)(F)F)n1. The van der Waals surface area contributed by atoms with Gasteiger partial charge in [0.2, 0.25) is 0 Å². The highest BCUT2D eigenvalue weighted by Crippen LogP contribution is 2.28. The summed E-state index contributed by atoms with van der Waals surface area (Å²) < 4.78 is 39.0. The third kappa shape index (κ3) is 5.22. The van der Waals surface area contributed by atoms with Crippen molar-refractivity contribution in [3.05, 3.63) is 18.0 Å². The zero-order valence-electron chi connectivity index (χ0n) is 11.9. The van der Waals surface area contributed by atoms with E-state index < -0.39 is 11.9 Å². The molecule has 19 heavy (non-hydrogen) atoms. The zero-order chi connectivity index (χ0) is 14.7. The smallest absolute Gasteiger partial charge is 0.310 e. The standard InChI is InChI=1S/C13H22F3N3/c1-5-6-10(9-17-12(2,3)4)19-8-7-11(18-19)13(14,15)16/h7-8,10,17H,5-6,9H2,1-4H3. The molecule has 1 atom stereocenters. The molecule has 1 rings (SSSR count). The molecule has 0 saturated heterocycles. The van der Waals surface area contributed by atoms with E-state index in [1.807, 2.05) is 27.7 Å². The molecule has 1 aromatic rings. The second-order valence-electron chi connectivity index (χ2n) is 5.75. The third-order valence-electron chi connectivity index (χ3n) is 2.76. The molecular formula is C13H22F3N3.